The number of amides is 4. The number of nitrogens with zero attached hydrogens (tertiary/aromatic N) is 1. The first-order valence-electron chi connectivity index (χ1n) is 18.1. The summed E-state index contributed by atoms with van der Waals surface area (Å²) in [5.74, 6) is -1.46. The summed E-state index contributed by atoms with van der Waals surface area (Å²) in [7, 11) is 2.19. The Kier molecular flexibility index (Phi) is 34.7. The molecule has 49 heavy (non-hydrogen) atoms. The first-order valence-corrected chi connectivity index (χ1v) is 18.5. The summed E-state index contributed by atoms with van der Waals surface area (Å²) in [5, 5.41) is 11.3. The molecule has 0 saturated carbocycles. The van der Waals surface area contributed by atoms with Gasteiger partial charge in [0.1, 0.15) is 6.29 Å². The molecule has 1 fully saturated rings. The summed E-state index contributed by atoms with van der Waals surface area (Å²) in [6.07, 6.45) is 7.65. The first-order chi connectivity index (χ1) is 22.8. The number of primary amides is 1. The number of hydrogen-bond donors (Lipinski definition) is 7. The first kappa shape index (κ1) is 53.6. The number of carbonyl (C=O) groups excluding carboxylic acids is 5. The smallest absolute Gasteiger partial charge is 0.315 e. The number of likely N-dealkylation sites (tertiary alicyclic amines) is 1. The van der Waals surface area contributed by atoms with Crippen LogP contribution in [0.1, 0.15) is 129 Å². The molecule has 1 aliphatic rings. The van der Waals surface area contributed by atoms with Gasteiger partial charge >= 0.3 is 6.03 Å². The molecule has 12 nitrogen and oxygen atoms in total. The van der Waals surface area contributed by atoms with Crippen LogP contribution in [0, 0.1) is 16.7 Å². The quantitative estimate of drug-likeness (QED) is 0.0513. The van der Waals surface area contributed by atoms with Crippen molar-refractivity contribution in [1.82, 2.24) is 30.9 Å². The highest BCUT2D eigenvalue weighted by Gasteiger charge is 2.29. The van der Waals surface area contributed by atoms with Crippen LogP contribution < -0.4 is 31.7 Å². The van der Waals surface area contributed by atoms with E-state index in [4.69, 9.17) is 5.73 Å². The molecular formula is C36H77N7O5S. The minimum absolute atomic E-state index is 0.0558. The highest BCUT2D eigenvalue weighted by molar-refractivity contribution is 7.78. The lowest BCUT2D eigenvalue weighted by molar-refractivity contribution is -0.137. The molecule has 0 bridgehead atoms. The van der Waals surface area contributed by atoms with Crippen molar-refractivity contribution in [3.63, 3.8) is 0 Å². The van der Waals surface area contributed by atoms with Crippen LogP contribution in [0.2, 0.25) is 0 Å². The summed E-state index contributed by atoms with van der Waals surface area (Å²) >= 11 is 3.93. The van der Waals surface area contributed by atoms with Crippen LogP contribution in [-0.2, 0) is 19.2 Å². The molecule has 0 aliphatic carbocycles. The number of nitrogens with two attached hydrogens (primary N) is 1. The third-order valence-corrected chi connectivity index (χ3v) is 7.83. The van der Waals surface area contributed by atoms with E-state index in [1.165, 1.54) is 25.8 Å². The number of hydrogen-bond acceptors (Lipinski definition) is 9. The highest BCUT2D eigenvalue weighted by atomic mass is 32.1. The third kappa shape index (κ3) is 30.3. The third-order valence-electron chi connectivity index (χ3n) is 7.60. The van der Waals surface area contributed by atoms with Crippen molar-refractivity contribution in [2.75, 3.05) is 33.2 Å². The summed E-state index contributed by atoms with van der Waals surface area (Å²) in [5.41, 5.74) is 4.46. The average molecular weight is 720 g/mol. The van der Waals surface area contributed by atoms with Gasteiger partial charge in [0.25, 0.3) is 5.91 Å². The minimum atomic E-state index is -1.00. The fourth-order valence-corrected chi connectivity index (χ4v) is 4.47. The van der Waals surface area contributed by atoms with E-state index < -0.39 is 23.8 Å². The maximum absolute atomic E-state index is 12.2. The second kappa shape index (κ2) is 31.7. The molecular weight excluding hydrogens is 643 g/mol. The molecule has 4 amide bonds. The number of aldehydes is 1. The number of Topliss-reactive ketones (excluding diaryl/α,β-unsaturated/α-hetero) is 1. The fraction of sp³-hybridized carbons (Fsp3) is 0.861. The molecule has 0 radical (unpaired) electrons. The van der Waals surface area contributed by atoms with Crippen molar-refractivity contribution in [2.24, 2.45) is 22.5 Å². The molecule has 0 spiro atoms. The molecule has 13 heteroatoms. The number of rotatable bonds is 16. The molecule has 0 aromatic carbocycles. The Morgan fingerprint density at radius 2 is 1.53 bits per heavy atom. The van der Waals surface area contributed by atoms with Crippen molar-refractivity contribution in [3.05, 3.63) is 0 Å². The van der Waals surface area contributed by atoms with E-state index in [0.717, 1.165) is 38.3 Å². The fourth-order valence-electron chi connectivity index (χ4n) is 4.35. The molecule has 1 rings (SSSR count). The van der Waals surface area contributed by atoms with Gasteiger partial charge in [-0.05, 0) is 56.5 Å². The maximum Gasteiger partial charge on any atom is 0.315 e. The van der Waals surface area contributed by atoms with E-state index in [1.807, 2.05) is 48.5 Å². The molecule has 1 heterocycles. The summed E-state index contributed by atoms with van der Waals surface area (Å²) < 4.78 is 2.76. The Labute approximate surface area is 305 Å². The molecule has 292 valence electrons. The van der Waals surface area contributed by atoms with Gasteiger partial charge in [-0.25, -0.2) is 4.79 Å². The van der Waals surface area contributed by atoms with Gasteiger partial charge in [0.05, 0.1) is 12.1 Å². The van der Waals surface area contributed by atoms with E-state index in [9.17, 15) is 24.0 Å². The Hall–Kier alpha value is -2.22. The Balaban J connectivity index is -0.000000320. The second-order valence-electron chi connectivity index (χ2n) is 14.5. The van der Waals surface area contributed by atoms with Crippen molar-refractivity contribution >= 4 is 43.2 Å². The van der Waals surface area contributed by atoms with Gasteiger partial charge in [0, 0.05) is 31.7 Å². The van der Waals surface area contributed by atoms with Crippen molar-refractivity contribution < 1.29 is 24.0 Å². The standard InChI is InChI=1S/C15H32N4O2S.C10H18N2O3.C6H13N.C3H8.C2H6/c1-14(2,3)11(9-16-7-8-17-22)18-13(21)19-12(10-20)15(4,5)6;1-3-4-7(2)5-8(12-6-13)9(14)10(11)15;1-6-4-3-5-7(6)2;1-3-2;1-2/h10-12,16-17,22H,7-9H2,1-6H3,(H2,18,19,21);6-8H,3-5H2,1-2H3,(H2,11,15)(H,12,13);6H,3-5H2,1-2H3;3H2,1-2H3;1-2H3. The monoisotopic (exact) mass is 720 g/mol. The predicted octanol–water partition coefficient (Wildman–Crippen LogP) is 4.86. The maximum atomic E-state index is 12.2. The van der Waals surface area contributed by atoms with Crippen molar-refractivity contribution in [3.8, 4) is 0 Å². The van der Waals surface area contributed by atoms with Gasteiger partial charge in [0.2, 0.25) is 12.2 Å². The Morgan fingerprint density at radius 3 is 1.86 bits per heavy atom. The van der Waals surface area contributed by atoms with Crippen LogP contribution in [0.15, 0.2) is 0 Å². The van der Waals surface area contributed by atoms with Gasteiger partial charge in [-0.2, -0.15) is 0 Å². The molecule has 0 aromatic rings. The molecule has 7 N–H and O–H groups in total. The summed E-state index contributed by atoms with van der Waals surface area (Å²) in [4.78, 5) is 57.9. The van der Waals surface area contributed by atoms with E-state index in [-0.39, 0.29) is 28.8 Å². The van der Waals surface area contributed by atoms with Gasteiger partial charge in [-0.15, -0.1) is 0 Å². The Morgan fingerprint density at radius 1 is 0.980 bits per heavy atom. The van der Waals surface area contributed by atoms with Crippen LogP contribution in [0.3, 0.4) is 0 Å². The second-order valence-corrected chi connectivity index (χ2v) is 14.8. The largest absolute Gasteiger partial charge is 0.363 e. The van der Waals surface area contributed by atoms with Gasteiger partial charge in [0.15, 0.2) is 0 Å². The summed E-state index contributed by atoms with van der Waals surface area (Å²) in [6.45, 7) is 29.9. The van der Waals surface area contributed by atoms with Crippen LogP contribution in [-0.4, -0.2) is 92.7 Å². The van der Waals surface area contributed by atoms with Crippen LogP contribution >= 0.6 is 12.8 Å². The van der Waals surface area contributed by atoms with Crippen molar-refractivity contribution in [2.45, 2.75) is 153 Å². The zero-order chi connectivity index (χ0) is 39.2. The molecule has 1 saturated heterocycles. The minimum Gasteiger partial charge on any atom is -0.363 e. The topological polar surface area (TPSA) is 175 Å². The zero-order valence-electron chi connectivity index (χ0n) is 33.6. The predicted molar refractivity (Wildman–Crippen MR) is 209 cm³/mol. The van der Waals surface area contributed by atoms with E-state index in [1.54, 1.807) is 0 Å². The lowest BCUT2D eigenvalue weighted by Crippen LogP contribution is -2.56. The normalized spacial score (nSPS) is 16.4. The van der Waals surface area contributed by atoms with Crippen molar-refractivity contribution in [1.29, 1.82) is 0 Å². The summed E-state index contributed by atoms with van der Waals surface area (Å²) in [6, 6.07) is -0.822. The van der Waals surface area contributed by atoms with Crippen LogP contribution in [0.4, 0.5) is 4.79 Å². The molecule has 5 unspecified atom stereocenters. The number of ketones is 1. The number of carbonyl (C=O) groups is 5. The van der Waals surface area contributed by atoms with E-state index in [2.05, 4.69) is 92.3 Å². The number of thiol groups is 1. The lowest BCUT2D eigenvalue weighted by Gasteiger charge is -2.33. The molecule has 0 aromatic heterocycles. The van der Waals surface area contributed by atoms with E-state index >= 15 is 0 Å². The number of nitrogens with one attached hydrogen (secondary N) is 5. The SMILES string of the molecule is CC.CC(C)(C)C(C=O)NC(=O)NC(CNCCNS)C(C)(C)C.CC1CCCN1C.CCC.CCCC(C)CC(NC=O)C(=O)C(N)=O. The van der Waals surface area contributed by atoms with Crippen LogP contribution in [0.5, 0.6) is 0 Å². The molecule has 5 atom stereocenters. The number of urea groups is 1. The van der Waals surface area contributed by atoms with Gasteiger partial charge in [-0.1, -0.05) is 115 Å². The van der Waals surface area contributed by atoms with E-state index in [0.29, 0.717) is 19.4 Å². The van der Waals surface area contributed by atoms with Gasteiger partial charge < -0.3 is 36.7 Å². The van der Waals surface area contributed by atoms with Crippen LogP contribution in [0.25, 0.3) is 0 Å². The Bertz CT molecular complexity index is 858. The van der Waals surface area contributed by atoms with Gasteiger partial charge in [-0.3, -0.25) is 19.1 Å². The average Bonchev–Trinajstić information content (AvgIpc) is 3.39. The highest BCUT2D eigenvalue weighted by Crippen LogP contribution is 2.20. The lowest BCUT2D eigenvalue weighted by atomic mass is 9.86. The zero-order valence-corrected chi connectivity index (χ0v) is 34.5. The molecule has 1 aliphatic heterocycles.